The predicted molar refractivity (Wildman–Crippen MR) is 65.0 cm³/mol. The van der Waals surface area contributed by atoms with Crippen molar-refractivity contribution in [3.63, 3.8) is 0 Å². The largest absolute Gasteiger partial charge is 0.384 e. The molecule has 0 aliphatic carbocycles. The third-order valence-corrected chi connectivity index (χ3v) is 3.02. The van der Waals surface area contributed by atoms with Crippen molar-refractivity contribution in [2.24, 2.45) is 5.73 Å². The van der Waals surface area contributed by atoms with E-state index in [4.69, 9.17) is 10.5 Å². The van der Waals surface area contributed by atoms with E-state index in [1.807, 2.05) is 0 Å². The first-order valence-corrected chi connectivity index (χ1v) is 5.95. The number of hydrogen-bond acceptors (Lipinski definition) is 4. The Morgan fingerprint density at radius 3 is 2.94 bits per heavy atom. The first kappa shape index (κ1) is 13.6. The van der Waals surface area contributed by atoms with Gasteiger partial charge in [0, 0.05) is 7.11 Å². The average Bonchev–Trinajstić information content (AvgIpc) is 2.57. The Bertz CT molecular complexity index is 339. The van der Waals surface area contributed by atoms with Crippen LogP contribution in [-0.4, -0.2) is 35.1 Å². The van der Waals surface area contributed by atoms with Crippen LogP contribution >= 0.6 is 15.9 Å². The van der Waals surface area contributed by atoms with Crippen LogP contribution in [0, 0.1) is 0 Å². The molecule has 0 aliphatic rings. The highest BCUT2D eigenvalue weighted by atomic mass is 79.9. The predicted octanol–water partition coefficient (Wildman–Crippen LogP) is 0.848. The van der Waals surface area contributed by atoms with E-state index in [9.17, 15) is 5.11 Å². The van der Waals surface area contributed by atoms with E-state index in [0.29, 0.717) is 26.1 Å². The van der Waals surface area contributed by atoms with Gasteiger partial charge >= 0.3 is 0 Å². The Labute approximate surface area is 104 Å². The first-order valence-electron chi connectivity index (χ1n) is 5.16. The van der Waals surface area contributed by atoms with Gasteiger partial charge in [-0.2, -0.15) is 5.10 Å². The number of hydrogen-bond donors (Lipinski definition) is 2. The van der Waals surface area contributed by atoms with Crippen LogP contribution in [0.4, 0.5) is 0 Å². The molecule has 0 spiro atoms. The van der Waals surface area contributed by atoms with Crippen LogP contribution < -0.4 is 5.73 Å². The molecule has 5 nitrogen and oxygen atoms in total. The highest BCUT2D eigenvalue weighted by Gasteiger charge is 2.29. The molecule has 3 N–H and O–H groups in total. The van der Waals surface area contributed by atoms with E-state index in [-0.39, 0.29) is 0 Å². The van der Waals surface area contributed by atoms with Gasteiger partial charge in [-0.1, -0.05) is 0 Å². The van der Waals surface area contributed by atoms with Crippen LogP contribution in [0.25, 0.3) is 0 Å². The molecule has 1 aromatic rings. The topological polar surface area (TPSA) is 73.3 Å². The summed E-state index contributed by atoms with van der Waals surface area (Å²) in [4.78, 5) is 0. The molecule has 0 saturated heterocycles. The molecule has 1 atom stereocenters. The van der Waals surface area contributed by atoms with Crippen molar-refractivity contribution in [2.75, 3.05) is 20.3 Å². The van der Waals surface area contributed by atoms with Gasteiger partial charge in [0.25, 0.3) is 0 Å². The van der Waals surface area contributed by atoms with E-state index in [0.717, 1.165) is 10.2 Å². The van der Waals surface area contributed by atoms with Crippen LogP contribution in [0.15, 0.2) is 10.7 Å². The maximum absolute atomic E-state index is 10.3. The lowest BCUT2D eigenvalue weighted by Crippen LogP contribution is -2.29. The zero-order valence-corrected chi connectivity index (χ0v) is 11.2. The fraction of sp³-hybridized carbons (Fsp3) is 0.700. The number of aliphatic hydroxyl groups is 1. The fourth-order valence-corrected chi connectivity index (χ4v) is 2.37. The molecule has 0 aromatic carbocycles. The van der Waals surface area contributed by atoms with Crippen molar-refractivity contribution >= 4 is 15.9 Å². The van der Waals surface area contributed by atoms with Crippen molar-refractivity contribution in [3.05, 3.63) is 16.4 Å². The molecule has 0 fully saturated rings. The van der Waals surface area contributed by atoms with Crippen molar-refractivity contribution in [3.8, 4) is 0 Å². The number of nitrogens with two attached hydrogens (primary N) is 1. The summed E-state index contributed by atoms with van der Waals surface area (Å²) in [5.74, 6) is 0. The summed E-state index contributed by atoms with van der Waals surface area (Å²) in [6, 6.07) is 0. The molecular weight excluding hydrogens is 274 g/mol. The standard InChI is InChI=1S/C10H18BrN3O2/c1-10(15,3-4-12)9-8(11)7-13-14(9)5-6-16-2/h7,15H,3-6,12H2,1-2H3. The maximum Gasteiger partial charge on any atom is 0.106 e. The van der Waals surface area contributed by atoms with Crippen molar-refractivity contribution in [2.45, 2.75) is 25.5 Å². The summed E-state index contributed by atoms with van der Waals surface area (Å²) < 4.78 is 7.53. The molecule has 0 amide bonds. The van der Waals surface area contributed by atoms with Crippen molar-refractivity contribution in [1.82, 2.24) is 9.78 Å². The van der Waals surface area contributed by atoms with Crippen LogP contribution in [0.1, 0.15) is 19.0 Å². The van der Waals surface area contributed by atoms with Crippen LogP contribution in [0.2, 0.25) is 0 Å². The zero-order valence-electron chi connectivity index (χ0n) is 9.61. The maximum atomic E-state index is 10.3. The zero-order chi connectivity index (χ0) is 12.2. The molecule has 6 heteroatoms. The van der Waals surface area contributed by atoms with Crippen LogP contribution in [0.3, 0.4) is 0 Å². The summed E-state index contributed by atoms with van der Waals surface area (Å²) >= 11 is 3.39. The summed E-state index contributed by atoms with van der Waals surface area (Å²) in [5, 5.41) is 14.5. The third-order valence-electron chi connectivity index (χ3n) is 2.44. The minimum atomic E-state index is -0.974. The Morgan fingerprint density at radius 2 is 2.38 bits per heavy atom. The second-order valence-corrected chi connectivity index (χ2v) is 4.72. The van der Waals surface area contributed by atoms with Crippen molar-refractivity contribution in [1.29, 1.82) is 0 Å². The number of aromatic nitrogens is 2. The average molecular weight is 292 g/mol. The molecule has 16 heavy (non-hydrogen) atoms. The monoisotopic (exact) mass is 291 g/mol. The van der Waals surface area contributed by atoms with Crippen LogP contribution in [0.5, 0.6) is 0 Å². The lowest BCUT2D eigenvalue weighted by Gasteiger charge is -2.24. The van der Waals surface area contributed by atoms with E-state index in [1.165, 1.54) is 0 Å². The van der Waals surface area contributed by atoms with Gasteiger partial charge in [-0.05, 0) is 35.8 Å². The summed E-state index contributed by atoms with van der Waals surface area (Å²) in [7, 11) is 1.64. The van der Waals surface area contributed by atoms with E-state index < -0.39 is 5.60 Å². The molecular formula is C10H18BrN3O2. The second kappa shape index (κ2) is 5.77. The Kier molecular flexibility index (Phi) is 4.91. The molecule has 0 saturated carbocycles. The van der Waals surface area contributed by atoms with Gasteiger partial charge < -0.3 is 15.6 Å². The summed E-state index contributed by atoms with van der Waals surface area (Å²) in [6.07, 6.45) is 2.17. The van der Waals surface area contributed by atoms with Gasteiger partial charge in [0.05, 0.1) is 29.5 Å². The molecule has 0 bridgehead atoms. The van der Waals surface area contributed by atoms with E-state index in [2.05, 4.69) is 21.0 Å². The highest BCUT2D eigenvalue weighted by Crippen LogP contribution is 2.30. The lowest BCUT2D eigenvalue weighted by atomic mass is 9.98. The summed E-state index contributed by atoms with van der Waals surface area (Å²) in [6.45, 7) is 3.33. The SMILES string of the molecule is COCCn1ncc(Br)c1C(C)(O)CCN. The number of halogens is 1. The Hall–Kier alpha value is -0.430. The first-order chi connectivity index (χ1) is 7.53. The minimum absolute atomic E-state index is 0.425. The minimum Gasteiger partial charge on any atom is -0.384 e. The fourth-order valence-electron chi connectivity index (χ4n) is 1.64. The molecule has 92 valence electrons. The smallest absolute Gasteiger partial charge is 0.106 e. The van der Waals surface area contributed by atoms with Crippen molar-refractivity contribution < 1.29 is 9.84 Å². The normalized spacial score (nSPS) is 15.1. The second-order valence-electron chi connectivity index (χ2n) is 3.87. The molecule has 1 heterocycles. The third kappa shape index (κ3) is 3.04. The van der Waals surface area contributed by atoms with Gasteiger partial charge in [0.1, 0.15) is 5.60 Å². The number of rotatable bonds is 6. The Morgan fingerprint density at radius 1 is 1.69 bits per heavy atom. The number of nitrogens with zero attached hydrogens (tertiary/aromatic N) is 2. The molecule has 0 radical (unpaired) electrons. The van der Waals surface area contributed by atoms with Gasteiger partial charge in [0.15, 0.2) is 0 Å². The Balaban J connectivity index is 2.96. The van der Waals surface area contributed by atoms with E-state index in [1.54, 1.807) is 24.9 Å². The number of methoxy groups -OCH3 is 1. The van der Waals surface area contributed by atoms with Gasteiger partial charge in [-0.15, -0.1) is 0 Å². The van der Waals surface area contributed by atoms with Crippen LogP contribution in [-0.2, 0) is 16.9 Å². The van der Waals surface area contributed by atoms with Gasteiger partial charge in [-0.25, -0.2) is 0 Å². The highest BCUT2D eigenvalue weighted by molar-refractivity contribution is 9.10. The molecule has 1 unspecified atom stereocenters. The van der Waals surface area contributed by atoms with Gasteiger partial charge in [0.2, 0.25) is 0 Å². The summed E-state index contributed by atoms with van der Waals surface area (Å²) in [5.41, 5.74) is 5.26. The van der Waals surface area contributed by atoms with Gasteiger partial charge in [-0.3, -0.25) is 4.68 Å². The molecule has 1 aromatic heterocycles. The quantitative estimate of drug-likeness (QED) is 0.815. The lowest BCUT2D eigenvalue weighted by molar-refractivity contribution is 0.0385. The molecule has 1 rings (SSSR count). The van der Waals surface area contributed by atoms with E-state index >= 15 is 0 Å². The molecule has 0 aliphatic heterocycles. The number of ether oxygens (including phenoxy) is 1.